The van der Waals surface area contributed by atoms with Crippen LogP contribution in [0.3, 0.4) is 0 Å². The van der Waals surface area contributed by atoms with Crippen molar-refractivity contribution in [3.8, 4) is 0 Å². The molecule has 2 rings (SSSR count). The molecule has 0 amide bonds. The number of hydrogen-bond donors (Lipinski definition) is 1. The lowest BCUT2D eigenvalue weighted by Crippen LogP contribution is -2.18. The molecule has 0 bridgehead atoms. The van der Waals surface area contributed by atoms with E-state index in [0.717, 1.165) is 16.7 Å². The van der Waals surface area contributed by atoms with Crippen LogP contribution in [0.5, 0.6) is 0 Å². The summed E-state index contributed by atoms with van der Waals surface area (Å²) < 4.78 is 25.3. The molecule has 0 aliphatic carbocycles. The van der Waals surface area contributed by atoms with Crippen molar-refractivity contribution in [1.82, 2.24) is 4.72 Å². The van der Waals surface area contributed by atoms with Gasteiger partial charge in [0.1, 0.15) is 0 Å². The monoisotopic (exact) mass is 209 g/mol. The van der Waals surface area contributed by atoms with Crippen molar-refractivity contribution in [2.45, 2.75) is 12.7 Å². The Balaban J connectivity index is 2.63. The Labute approximate surface area is 83.5 Å². The van der Waals surface area contributed by atoms with E-state index < -0.39 is 10.0 Å². The fourth-order valence-electron chi connectivity index (χ4n) is 1.53. The maximum atomic E-state index is 11.4. The van der Waals surface area contributed by atoms with E-state index >= 15 is 0 Å². The maximum Gasteiger partial charge on any atom is 0.236 e. The molecule has 0 saturated carbocycles. The average Bonchev–Trinajstić information content (AvgIpc) is 2.25. The molecule has 0 aromatic heterocycles. The van der Waals surface area contributed by atoms with E-state index in [9.17, 15) is 8.42 Å². The number of hydrogen-bond acceptors (Lipinski definition) is 2. The van der Waals surface area contributed by atoms with Crippen LogP contribution < -0.4 is 4.72 Å². The number of sulfonamides is 1. The summed E-state index contributed by atoms with van der Waals surface area (Å²) in [6, 6.07) is 7.54. The van der Waals surface area contributed by atoms with E-state index in [4.69, 9.17) is 0 Å². The fourth-order valence-corrected chi connectivity index (χ4v) is 2.63. The van der Waals surface area contributed by atoms with Gasteiger partial charge in [-0.1, -0.05) is 24.3 Å². The Morgan fingerprint density at radius 1 is 1.29 bits per heavy atom. The molecular formula is C10H11NO2S. The van der Waals surface area contributed by atoms with Crippen LogP contribution in [0, 0.1) is 0 Å². The average molecular weight is 209 g/mol. The van der Waals surface area contributed by atoms with Crippen molar-refractivity contribution >= 4 is 15.6 Å². The predicted molar refractivity (Wildman–Crippen MR) is 55.9 cm³/mol. The minimum absolute atomic E-state index is 0.0526. The molecule has 0 radical (unpaired) electrons. The number of nitrogens with one attached hydrogen (secondary N) is 1. The lowest BCUT2D eigenvalue weighted by Gasteiger charge is -2.04. The smallest absolute Gasteiger partial charge is 0.236 e. The summed E-state index contributed by atoms with van der Waals surface area (Å²) >= 11 is 0. The number of allylic oxidation sites excluding steroid dienone is 1. The zero-order valence-electron chi connectivity index (χ0n) is 7.82. The van der Waals surface area contributed by atoms with E-state index in [0.29, 0.717) is 0 Å². The summed E-state index contributed by atoms with van der Waals surface area (Å²) in [5.74, 6) is 0.0526. The van der Waals surface area contributed by atoms with Gasteiger partial charge in [-0.3, -0.25) is 4.72 Å². The minimum atomic E-state index is -3.19. The Morgan fingerprint density at radius 3 is 2.79 bits per heavy atom. The molecule has 14 heavy (non-hydrogen) atoms. The summed E-state index contributed by atoms with van der Waals surface area (Å²) in [4.78, 5) is 0. The van der Waals surface area contributed by atoms with Crippen LogP contribution in [0.1, 0.15) is 18.1 Å². The Hall–Kier alpha value is -1.29. The van der Waals surface area contributed by atoms with Crippen molar-refractivity contribution in [1.29, 1.82) is 0 Å². The van der Waals surface area contributed by atoms with Gasteiger partial charge in [0.2, 0.25) is 10.0 Å². The van der Waals surface area contributed by atoms with E-state index in [1.807, 2.05) is 31.2 Å². The predicted octanol–water partition coefficient (Wildman–Crippen LogP) is 1.48. The van der Waals surface area contributed by atoms with Crippen LogP contribution in [-0.2, 0) is 15.8 Å². The molecular weight excluding hydrogens is 198 g/mol. The third-order valence-corrected chi connectivity index (χ3v) is 3.41. The molecule has 1 heterocycles. The standard InChI is InChI=1S/C10H11NO2S/c1-8-6-11-14(12,13)7-9-4-2-3-5-10(8)9/h2-6,11H,7H2,1H3. The highest BCUT2D eigenvalue weighted by atomic mass is 32.2. The zero-order chi connectivity index (χ0) is 10.2. The second-order valence-corrected chi connectivity index (χ2v) is 5.12. The lowest BCUT2D eigenvalue weighted by molar-refractivity contribution is 0.590. The summed E-state index contributed by atoms with van der Waals surface area (Å²) in [5.41, 5.74) is 2.80. The van der Waals surface area contributed by atoms with Crippen LogP contribution in [0.2, 0.25) is 0 Å². The summed E-state index contributed by atoms with van der Waals surface area (Å²) in [6.07, 6.45) is 1.54. The van der Waals surface area contributed by atoms with Gasteiger partial charge in [0.05, 0.1) is 5.75 Å². The van der Waals surface area contributed by atoms with Gasteiger partial charge in [0.15, 0.2) is 0 Å². The van der Waals surface area contributed by atoms with E-state index in [1.165, 1.54) is 0 Å². The summed E-state index contributed by atoms with van der Waals surface area (Å²) in [7, 11) is -3.19. The van der Waals surface area contributed by atoms with Gasteiger partial charge in [0.25, 0.3) is 0 Å². The van der Waals surface area contributed by atoms with E-state index in [1.54, 1.807) is 6.20 Å². The Kier molecular flexibility index (Phi) is 2.07. The van der Waals surface area contributed by atoms with Gasteiger partial charge in [-0.15, -0.1) is 0 Å². The molecule has 1 aliphatic heterocycles. The van der Waals surface area contributed by atoms with Crippen molar-refractivity contribution in [3.05, 3.63) is 41.6 Å². The second-order valence-electron chi connectivity index (χ2n) is 3.36. The SMILES string of the molecule is CC1=CNS(=O)(=O)Cc2ccccc21. The van der Waals surface area contributed by atoms with Crippen molar-refractivity contribution in [2.24, 2.45) is 0 Å². The summed E-state index contributed by atoms with van der Waals surface area (Å²) in [6.45, 7) is 1.90. The molecule has 1 aromatic carbocycles. The quantitative estimate of drug-likeness (QED) is 0.703. The first-order valence-corrected chi connectivity index (χ1v) is 5.99. The van der Waals surface area contributed by atoms with Gasteiger partial charge in [0, 0.05) is 6.20 Å². The van der Waals surface area contributed by atoms with Crippen LogP contribution in [0.25, 0.3) is 5.57 Å². The number of benzene rings is 1. The van der Waals surface area contributed by atoms with Crippen molar-refractivity contribution in [2.75, 3.05) is 0 Å². The molecule has 4 heteroatoms. The molecule has 74 valence electrons. The van der Waals surface area contributed by atoms with Crippen LogP contribution >= 0.6 is 0 Å². The first kappa shape index (κ1) is 9.27. The minimum Gasteiger partial charge on any atom is -0.290 e. The Bertz CT molecular complexity index is 489. The first-order valence-electron chi connectivity index (χ1n) is 4.33. The summed E-state index contributed by atoms with van der Waals surface area (Å²) in [5, 5.41) is 0. The van der Waals surface area contributed by atoms with E-state index in [2.05, 4.69) is 4.72 Å². The fraction of sp³-hybridized carbons (Fsp3) is 0.200. The highest BCUT2D eigenvalue weighted by Crippen LogP contribution is 2.22. The van der Waals surface area contributed by atoms with Gasteiger partial charge in [-0.05, 0) is 23.6 Å². The van der Waals surface area contributed by atoms with E-state index in [-0.39, 0.29) is 5.75 Å². The molecule has 0 spiro atoms. The molecule has 1 aliphatic rings. The molecule has 0 unspecified atom stereocenters. The number of fused-ring (bicyclic) bond motifs is 1. The topological polar surface area (TPSA) is 46.2 Å². The van der Waals surface area contributed by atoms with Crippen LogP contribution in [-0.4, -0.2) is 8.42 Å². The van der Waals surface area contributed by atoms with Crippen molar-refractivity contribution < 1.29 is 8.42 Å². The molecule has 3 nitrogen and oxygen atoms in total. The van der Waals surface area contributed by atoms with Gasteiger partial charge in [-0.2, -0.15) is 0 Å². The van der Waals surface area contributed by atoms with Gasteiger partial charge in [-0.25, -0.2) is 8.42 Å². The largest absolute Gasteiger partial charge is 0.290 e. The highest BCUT2D eigenvalue weighted by Gasteiger charge is 2.16. The normalized spacial score (nSPS) is 18.8. The second kappa shape index (κ2) is 3.13. The lowest BCUT2D eigenvalue weighted by atomic mass is 10.0. The third kappa shape index (κ3) is 1.65. The van der Waals surface area contributed by atoms with Gasteiger partial charge < -0.3 is 0 Å². The maximum absolute atomic E-state index is 11.4. The molecule has 0 atom stereocenters. The first-order chi connectivity index (χ1) is 6.58. The molecule has 1 N–H and O–H groups in total. The van der Waals surface area contributed by atoms with Crippen molar-refractivity contribution in [3.63, 3.8) is 0 Å². The van der Waals surface area contributed by atoms with Crippen LogP contribution in [0.4, 0.5) is 0 Å². The Morgan fingerprint density at radius 2 is 2.00 bits per heavy atom. The van der Waals surface area contributed by atoms with Crippen LogP contribution in [0.15, 0.2) is 30.5 Å². The molecule has 0 fully saturated rings. The molecule has 0 saturated heterocycles. The molecule has 1 aromatic rings. The zero-order valence-corrected chi connectivity index (χ0v) is 8.64. The highest BCUT2D eigenvalue weighted by molar-refractivity contribution is 7.88. The van der Waals surface area contributed by atoms with Gasteiger partial charge >= 0.3 is 0 Å². The third-order valence-electron chi connectivity index (χ3n) is 2.24. The number of rotatable bonds is 0.